The molecule has 3 rings (SSSR count). The second-order valence-electron chi connectivity index (χ2n) is 5.64. The molecule has 1 aliphatic rings. The molecule has 0 radical (unpaired) electrons. The summed E-state index contributed by atoms with van der Waals surface area (Å²) >= 11 is 0. The Balaban J connectivity index is 1.87. The Hall–Kier alpha value is -2.61. The van der Waals surface area contributed by atoms with Crippen LogP contribution in [0.5, 0.6) is 0 Å². The molecule has 1 fully saturated rings. The van der Waals surface area contributed by atoms with Gasteiger partial charge in [-0.25, -0.2) is 9.59 Å². The molecule has 0 spiro atoms. The average molecular weight is 333 g/mol. The molecular weight excluding hydrogens is 314 g/mol. The van der Waals surface area contributed by atoms with E-state index in [9.17, 15) is 14.4 Å². The number of benzene rings is 1. The smallest absolute Gasteiger partial charge is 0.334 e. The third kappa shape index (κ3) is 2.80. The van der Waals surface area contributed by atoms with E-state index in [1.165, 1.54) is 9.47 Å². The number of carboxylic acid groups (broad SMARTS) is 1. The molecule has 0 aliphatic carbocycles. The van der Waals surface area contributed by atoms with Crippen molar-refractivity contribution in [3.05, 3.63) is 34.7 Å². The predicted molar refractivity (Wildman–Crippen MR) is 85.8 cm³/mol. The first-order valence-corrected chi connectivity index (χ1v) is 7.83. The maximum atomic E-state index is 12.5. The number of carboxylic acids is 1. The largest absolute Gasteiger partial charge is 0.479 e. The third-order valence-electron chi connectivity index (χ3n) is 4.23. The van der Waals surface area contributed by atoms with E-state index >= 15 is 0 Å². The summed E-state index contributed by atoms with van der Waals surface area (Å²) in [7, 11) is 0. The second kappa shape index (κ2) is 6.48. The first-order chi connectivity index (χ1) is 11.5. The molecule has 0 bridgehead atoms. The zero-order valence-corrected chi connectivity index (χ0v) is 13.3. The van der Waals surface area contributed by atoms with E-state index in [1.54, 1.807) is 10.6 Å². The molecule has 1 atom stereocenters. The number of hydrogen-bond acceptors (Lipinski definition) is 4. The number of fused-ring (bicyclic) bond motifs is 1. The van der Waals surface area contributed by atoms with Crippen LogP contribution in [-0.2, 0) is 27.4 Å². The van der Waals surface area contributed by atoms with Crippen LogP contribution >= 0.6 is 0 Å². The van der Waals surface area contributed by atoms with E-state index < -0.39 is 12.1 Å². The number of aliphatic carboxylic acids is 1. The van der Waals surface area contributed by atoms with Crippen LogP contribution in [0.15, 0.2) is 29.1 Å². The molecule has 1 amide bonds. The van der Waals surface area contributed by atoms with Gasteiger partial charge in [-0.05, 0) is 19.1 Å². The summed E-state index contributed by atoms with van der Waals surface area (Å²) in [6.07, 6.45) is -1.02. The SMILES string of the molecule is CCn1c(=O)n(CC(=O)N2CCOC(C(=O)O)C2)c2ccccc21. The number of para-hydroxylation sites is 2. The predicted octanol–water partition coefficient (Wildman–Crippen LogP) is 0.135. The standard InChI is InChI=1S/C16H19N3O5/c1-2-18-11-5-3-4-6-12(11)19(16(18)23)10-14(20)17-7-8-24-13(9-17)15(21)22/h3-6,13H,2,7-10H2,1H3,(H,21,22). The minimum absolute atomic E-state index is 0.00463. The lowest BCUT2D eigenvalue weighted by Crippen LogP contribution is -2.49. The molecule has 1 aromatic carbocycles. The van der Waals surface area contributed by atoms with Gasteiger partial charge in [0.1, 0.15) is 6.54 Å². The lowest BCUT2D eigenvalue weighted by molar-refractivity contribution is -0.159. The molecule has 8 heteroatoms. The monoisotopic (exact) mass is 333 g/mol. The van der Waals surface area contributed by atoms with Crippen molar-refractivity contribution >= 4 is 22.9 Å². The molecule has 1 unspecified atom stereocenters. The summed E-state index contributed by atoms with van der Waals surface area (Å²) in [5.74, 6) is -1.38. The van der Waals surface area contributed by atoms with E-state index in [0.29, 0.717) is 18.6 Å². The summed E-state index contributed by atoms with van der Waals surface area (Å²) in [6, 6.07) is 7.31. The number of carbonyl (C=O) groups excluding carboxylic acids is 1. The number of amides is 1. The van der Waals surface area contributed by atoms with E-state index in [2.05, 4.69) is 0 Å². The van der Waals surface area contributed by atoms with Crippen LogP contribution in [0.25, 0.3) is 11.0 Å². The molecule has 0 saturated carbocycles. The van der Waals surface area contributed by atoms with Crippen molar-refractivity contribution in [1.29, 1.82) is 0 Å². The van der Waals surface area contributed by atoms with Gasteiger partial charge in [0.2, 0.25) is 5.91 Å². The molecule has 8 nitrogen and oxygen atoms in total. The van der Waals surface area contributed by atoms with Gasteiger partial charge in [0.05, 0.1) is 24.2 Å². The van der Waals surface area contributed by atoms with Gasteiger partial charge < -0.3 is 14.7 Å². The molecule has 128 valence electrons. The highest BCUT2D eigenvalue weighted by molar-refractivity contribution is 5.82. The Morgan fingerprint density at radius 1 is 1.25 bits per heavy atom. The van der Waals surface area contributed by atoms with Crippen molar-refractivity contribution in [1.82, 2.24) is 14.0 Å². The fourth-order valence-corrected chi connectivity index (χ4v) is 2.99. The molecule has 24 heavy (non-hydrogen) atoms. The minimum atomic E-state index is -1.09. The Morgan fingerprint density at radius 2 is 1.92 bits per heavy atom. The number of ether oxygens (including phenoxy) is 1. The van der Waals surface area contributed by atoms with Crippen molar-refractivity contribution in [2.75, 3.05) is 19.7 Å². The first-order valence-electron chi connectivity index (χ1n) is 7.83. The molecular formula is C16H19N3O5. The number of nitrogens with zero attached hydrogens (tertiary/aromatic N) is 3. The van der Waals surface area contributed by atoms with Gasteiger partial charge in [0.25, 0.3) is 0 Å². The molecule has 1 N–H and O–H groups in total. The zero-order valence-electron chi connectivity index (χ0n) is 13.3. The topological polar surface area (TPSA) is 93.8 Å². The second-order valence-corrected chi connectivity index (χ2v) is 5.64. The van der Waals surface area contributed by atoms with Gasteiger partial charge in [0, 0.05) is 13.1 Å². The number of morpholine rings is 1. The van der Waals surface area contributed by atoms with Gasteiger partial charge in [0.15, 0.2) is 6.10 Å². The summed E-state index contributed by atoms with van der Waals surface area (Å²) in [6.45, 7) is 2.77. The van der Waals surface area contributed by atoms with Crippen LogP contribution in [0, 0.1) is 0 Å². The van der Waals surface area contributed by atoms with Crippen molar-refractivity contribution in [3.63, 3.8) is 0 Å². The van der Waals surface area contributed by atoms with Gasteiger partial charge >= 0.3 is 11.7 Å². The highest BCUT2D eigenvalue weighted by atomic mass is 16.5. The summed E-state index contributed by atoms with van der Waals surface area (Å²) in [5.41, 5.74) is 1.24. The summed E-state index contributed by atoms with van der Waals surface area (Å²) < 4.78 is 8.17. The maximum absolute atomic E-state index is 12.5. The quantitative estimate of drug-likeness (QED) is 0.859. The Bertz CT molecular complexity index is 838. The van der Waals surface area contributed by atoms with E-state index in [0.717, 1.165) is 5.52 Å². The summed E-state index contributed by atoms with van der Waals surface area (Å²) in [5, 5.41) is 9.03. The van der Waals surface area contributed by atoms with Crippen LogP contribution in [0.3, 0.4) is 0 Å². The maximum Gasteiger partial charge on any atom is 0.334 e. The van der Waals surface area contributed by atoms with Crippen LogP contribution in [0.1, 0.15) is 6.92 Å². The van der Waals surface area contributed by atoms with Crippen LogP contribution in [0.2, 0.25) is 0 Å². The third-order valence-corrected chi connectivity index (χ3v) is 4.23. The lowest BCUT2D eigenvalue weighted by Gasteiger charge is -2.30. The van der Waals surface area contributed by atoms with Crippen molar-refractivity contribution < 1.29 is 19.4 Å². The number of carbonyl (C=O) groups is 2. The van der Waals surface area contributed by atoms with E-state index in [-0.39, 0.29) is 31.3 Å². The average Bonchev–Trinajstić information content (AvgIpc) is 2.86. The number of imidazole rings is 1. The highest BCUT2D eigenvalue weighted by Crippen LogP contribution is 2.14. The van der Waals surface area contributed by atoms with Crippen molar-refractivity contribution in [3.8, 4) is 0 Å². The van der Waals surface area contributed by atoms with Crippen LogP contribution in [0.4, 0.5) is 0 Å². The number of aromatic nitrogens is 2. The minimum Gasteiger partial charge on any atom is -0.479 e. The molecule has 2 heterocycles. The Labute approximate surface area is 137 Å². The van der Waals surface area contributed by atoms with Gasteiger partial charge in [-0.15, -0.1) is 0 Å². The van der Waals surface area contributed by atoms with Gasteiger partial charge in [-0.2, -0.15) is 0 Å². The van der Waals surface area contributed by atoms with Gasteiger partial charge in [-0.1, -0.05) is 12.1 Å². The number of rotatable bonds is 4. The first kappa shape index (κ1) is 16.3. The van der Waals surface area contributed by atoms with E-state index in [4.69, 9.17) is 9.84 Å². The Morgan fingerprint density at radius 3 is 2.54 bits per heavy atom. The Kier molecular flexibility index (Phi) is 4.39. The molecule has 1 saturated heterocycles. The number of aryl methyl sites for hydroxylation is 1. The van der Waals surface area contributed by atoms with E-state index in [1.807, 2.05) is 25.1 Å². The molecule has 2 aromatic rings. The molecule has 1 aliphatic heterocycles. The van der Waals surface area contributed by atoms with Crippen LogP contribution < -0.4 is 5.69 Å². The summed E-state index contributed by atoms with van der Waals surface area (Å²) in [4.78, 5) is 37.6. The highest BCUT2D eigenvalue weighted by Gasteiger charge is 2.29. The lowest BCUT2D eigenvalue weighted by atomic mass is 10.2. The molecule has 1 aromatic heterocycles. The zero-order chi connectivity index (χ0) is 17.3. The van der Waals surface area contributed by atoms with Crippen molar-refractivity contribution in [2.45, 2.75) is 26.1 Å². The number of hydrogen-bond donors (Lipinski definition) is 1. The van der Waals surface area contributed by atoms with Crippen molar-refractivity contribution in [2.24, 2.45) is 0 Å². The van der Waals surface area contributed by atoms with Gasteiger partial charge in [-0.3, -0.25) is 13.9 Å². The van der Waals surface area contributed by atoms with Crippen LogP contribution in [-0.4, -0.2) is 56.8 Å². The fraction of sp³-hybridized carbons (Fsp3) is 0.438. The fourth-order valence-electron chi connectivity index (χ4n) is 2.99. The normalized spacial score (nSPS) is 18.0.